The van der Waals surface area contributed by atoms with E-state index < -0.39 is 5.67 Å². The van der Waals surface area contributed by atoms with Crippen molar-refractivity contribution >= 4 is 0 Å². The Morgan fingerprint density at radius 3 is 2.64 bits per heavy atom. The van der Waals surface area contributed by atoms with Crippen LogP contribution in [-0.4, -0.2) is 18.8 Å². The van der Waals surface area contributed by atoms with Crippen LogP contribution in [0.4, 0.5) is 8.78 Å². The van der Waals surface area contributed by atoms with E-state index in [-0.39, 0.29) is 5.82 Å². The molecule has 3 heteroatoms. The van der Waals surface area contributed by atoms with Crippen molar-refractivity contribution in [3.05, 3.63) is 35.1 Å². The normalized spacial score (nSPS) is 19.1. The molecular formula is C11H13F2N. The topological polar surface area (TPSA) is 12.0 Å². The van der Waals surface area contributed by atoms with Crippen molar-refractivity contribution in [1.82, 2.24) is 5.32 Å². The van der Waals surface area contributed by atoms with Crippen LogP contribution < -0.4 is 5.32 Å². The Morgan fingerprint density at radius 1 is 1.43 bits per heavy atom. The second-order valence-corrected chi connectivity index (χ2v) is 4.00. The van der Waals surface area contributed by atoms with Crippen molar-refractivity contribution in [1.29, 1.82) is 0 Å². The van der Waals surface area contributed by atoms with E-state index >= 15 is 0 Å². The van der Waals surface area contributed by atoms with Gasteiger partial charge in [0.25, 0.3) is 0 Å². The highest BCUT2D eigenvalue weighted by molar-refractivity contribution is 5.28. The maximum Gasteiger partial charge on any atom is 0.139 e. The Kier molecular flexibility index (Phi) is 2.27. The molecule has 1 saturated heterocycles. The average Bonchev–Trinajstić information content (AvgIpc) is 2.07. The minimum atomic E-state index is -1.12. The van der Waals surface area contributed by atoms with Gasteiger partial charge in [0, 0.05) is 19.5 Å². The van der Waals surface area contributed by atoms with Gasteiger partial charge < -0.3 is 5.32 Å². The van der Waals surface area contributed by atoms with Crippen LogP contribution in [0.2, 0.25) is 0 Å². The van der Waals surface area contributed by atoms with Crippen molar-refractivity contribution in [3.8, 4) is 0 Å². The molecule has 1 aliphatic rings. The molecule has 0 radical (unpaired) electrons. The number of benzene rings is 1. The van der Waals surface area contributed by atoms with Gasteiger partial charge in [0.05, 0.1) is 0 Å². The van der Waals surface area contributed by atoms with Crippen LogP contribution in [-0.2, 0) is 6.42 Å². The number of halogens is 2. The van der Waals surface area contributed by atoms with E-state index in [0.29, 0.717) is 19.5 Å². The lowest BCUT2D eigenvalue weighted by molar-refractivity contribution is 0.0910. The quantitative estimate of drug-likeness (QED) is 0.764. The van der Waals surface area contributed by atoms with Gasteiger partial charge in [0.1, 0.15) is 11.5 Å². The van der Waals surface area contributed by atoms with E-state index in [0.717, 1.165) is 11.1 Å². The van der Waals surface area contributed by atoms with Crippen molar-refractivity contribution in [2.45, 2.75) is 19.0 Å². The summed E-state index contributed by atoms with van der Waals surface area (Å²) in [7, 11) is 0. The summed E-state index contributed by atoms with van der Waals surface area (Å²) in [5.74, 6) is -0.258. The van der Waals surface area contributed by atoms with Gasteiger partial charge in [-0.2, -0.15) is 0 Å². The molecule has 1 nitrogen and oxygen atoms in total. The van der Waals surface area contributed by atoms with Crippen molar-refractivity contribution < 1.29 is 8.78 Å². The third-order valence-corrected chi connectivity index (χ3v) is 2.70. The minimum Gasteiger partial charge on any atom is -0.310 e. The van der Waals surface area contributed by atoms with Gasteiger partial charge in [0.2, 0.25) is 0 Å². The Morgan fingerprint density at radius 2 is 2.14 bits per heavy atom. The van der Waals surface area contributed by atoms with Crippen LogP contribution in [0.3, 0.4) is 0 Å². The van der Waals surface area contributed by atoms with E-state index in [9.17, 15) is 8.78 Å². The number of rotatable bonds is 2. The largest absolute Gasteiger partial charge is 0.310 e. The number of aryl methyl sites for hydroxylation is 1. The van der Waals surface area contributed by atoms with Gasteiger partial charge in [-0.15, -0.1) is 0 Å². The molecular weight excluding hydrogens is 184 g/mol. The SMILES string of the molecule is Cc1cc(F)ccc1CC1(F)CNC1. The Hall–Kier alpha value is -0.960. The molecule has 0 saturated carbocycles. The summed E-state index contributed by atoms with van der Waals surface area (Å²) in [6.07, 6.45) is 0.381. The summed E-state index contributed by atoms with van der Waals surface area (Å²) in [4.78, 5) is 0. The molecule has 1 fully saturated rings. The molecule has 0 aliphatic carbocycles. The second kappa shape index (κ2) is 3.31. The van der Waals surface area contributed by atoms with E-state index in [1.54, 1.807) is 6.07 Å². The molecule has 0 aromatic heterocycles. The lowest BCUT2D eigenvalue weighted by atomic mass is 9.89. The van der Waals surface area contributed by atoms with Crippen LogP contribution in [0.1, 0.15) is 11.1 Å². The van der Waals surface area contributed by atoms with E-state index in [1.165, 1.54) is 12.1 Å². The molecule has 2 rings (SSSR count). The maximum atomic E-state index is 13.7. The van der Waals surface area contributed by atoms with Crippen molar-refractivity contribution in [2.75, 3.05) is 13.1 Å². The first kappa shape index (κ1) is 9.59. The Labute approximate surface area is 82.1 Å². The first-order valence-corrected chi connectivity index (χ1v) is 4.74. The zero-order valence-corrected chi connectivity index (χ0v) is 8.11. The monoisotopic (exact) mass is 197 g/mol. The predicted molar refractivity (Wildman–Crippen MR) is 51.5 cm³/mol. The fourth-order valence-corrected chi connectivity index (χ4v) is 1.72. The van der Waals surface area contributed by atoms with E-state index in [2.05, 4.69) is 5.32 Å². The van der Waals surface area contributed by atoms with E-state index in [4.69, 9.17) is 0 Å². The lowest BCUT2D eigenvalue weighted by Gasteiger charge is -2.35. The minimum absolute atomic E-state index is 0.258. The predicted octanol–water partition coefficient (Wildman–Crippen LogP) is 1.99. The molecule has 1 heterocycles. The van der Waals surface area contributed by atoms with Crippen LogP contribution >= 0.6 is 0 Å². The van der Waals surface area contributed by atoms with E-state index in [1.807, 2.05) is 6.92 Å². The summed E-state index contributed by atoms with van der Waals surface area (Å²) < 4.78 is 26.5. The number of alkyl halides is 1. The standard InChI is InChI=1S/C11H13F2N/c1-8-4-10(12)3-2-9(8)5-11(13)6-14-7-11/h2-4,14H,5-7H2,1H3. The Bertz CT molecular complexity index is 345. The van der Waals surface area contributed by atoms with Crippen LogP contribution in [0.5, 0.6) is 0 Å². The summed E-state index contributed by atoms with van der Waals surface area (Å²) >= 11 is 0. The van der Waals surface area contributed by atoms with Crippen LogP contribution in [0.25, 0.3) is 0 Å². The second-order valence-electron chi connectivity index (χ2n) is 4.00. The van der Waals surface area contributed by atoms with Gasteiger partial charge in [-0.3, -0.25) is 0 Å². The van der Waals surface area contributed by atoms with Gasteiger partial charge in [-0.1, -0.05) is 6.07 Å². The lowest BCUT2D eigenvalue weighted by Crippen LogP contribution is -2.57. The molecule has 0 amide bonds. The number of nitrogens with one attached hydrogen (secondary N) is 1. The Balaban J connectivity index is 2.16. The zero-order chi connectivity index (χ0) is 10.2. The summed E-state index contributed by atoms with van der Waals surface area (Å²) in [6, 6.07) is 4.51. The van der Waals surface area contributed by atoms with Crippen LogP contribution in [0, 0.1) is 12.7 Å². The van der Waals surface area contributed by atoms with Crippen molar-refractivity contribution in [3.63, 3.8) is 0 Å². The number of hydrogen-bond acceptors (Lipinski definition) is 1. The average molecular weight is 197 g/mol. The first-order chi connectivity index (χ1) is 6.59. The summed E-state index contributed by atoms with van der Waals surface area (Å²) in [5.41, 5.74) is 0.604. The molecule has 0 unspecified atom stereocenters. The summed E-state index contributed by atoms with van der Waals surface area (Å²) in [6.45, 7) is 2.63. The van der Waals surface area contributed by atoms with Gasteiger partial charge in [-0.25, -0.2) is 8.78 Å². The third-order valence-electron chi connectivity index (χ3n) is 2.70. The molecule has 0 spiro atoms. The van der Waals surface area contributed by atoms with Gasteiger partial charge in [-0.05, 0) is 30.2 Å². The highest BCUT2D eigenvalue weighted by atomic mass is 19.1. The number of hydrogen-bond donors (Lipinski definition) is 1. The molecule has 1 N–H and O–H groups in total. The molecule has 1 aliphatic heterocycles. The highest BCUT2D eigenvalue weighted by Gasteiger charge is 2.37. The first-order valence-electron chi connectivity index (χ1n) is 4.74. The molecule has 0 bridgehead atoms. The summed E-state index contributed by atoms with van der Waals surface area (Å²) in [5, 5.41) is 2.90. The smallest absolute Gasteiger partial charge is 0.139 e. The fourth-order valence-electron chi connectivity index (χ4n) is 1.72. The fraction of sp³-hybridized carbons (Fsp3) is 0.455. The molecule has 1 aromatic carbocycles. The maximum absolute atomic E-state index is 13.7. The van der Waals surface area contributed by atoms with Crippen LogP contribution in [0.15, 0.2) is 18.2 Å². The van der Waals surface area contributed by atoms with Crippen molar-refractivity contribution in [2.24, 2.45) is 0 Å². The molecule has 14 heavy (non-hydrogen) atoms. The zero-order valence-electron chi connectivity index (χ0n) is 8.11. The van der Waals surface area contributed by atoms with Gasteiger partial charge >= 0.3 is 0 Å². The van der Waals surface area contributed by atoms with Gasteiger partial charge in [0.15, 0.2) is 0 Å². The molecule has 1 aromatic rings. The third kappa shape index (κ3) is 1.77. The molecule has 0 atom stereocenters. The molecule has 76 valence electrons. The highest BCUT2D eigenvalue weighted by Crippen LogP contribution is 2.24.